The fraction of sp³-hybridized carbons (Fsp3) is 0.353. The van der Waals surface area contributed by atoms with E-state index in [1.54, 1.807) is 12.4 Å². The number of benzene rings is 2. The van der Waals surface area contributed by atoms with Crippen LogP contribution in [0.5, 0.6) is 0 Å². The number of hydrogen-bond acceptors (Lipinski definition) is 7. The van der Waals surface area contributed by atoms with Crippen molar-refractivity contribution >= 4 is 57.4 Å². The molecule has 2 heterocycles. The maximum absolute atomic E-state index is 14.0. The number of aliphatic carboxylic acids is 1. The Morgan fingerprint density at radius 2 is 1.10 bits per heavy atom. The number of nitrogens with zero attached hydrogens (tertiary/aromatic N) is 2. The number of guanidine groups is 2. The van der Waals surface area contributed by atoms with Crippen molar-refractivity contribution in [2.75, 3.05) is 13.1 Å². The minimum atomic E-state index is -1.28. The van der Waals surface area contributed by atoms with Gasteiger partial charge in [-0.15, -0.1) is 0 Å². The zero-order valence-electron chi connectivity index (χ0n) is 28.1. The first-order valence-electron chi connectivity index (χ1n) is 16.5. The molecule has 0 saturated carbocycles. The van der Waals surface area contributed by atoms with Crippen LogP contribution in [-0.4, -0.2) is 87.9 Å². The molecule has 0 aliphatic carbocycles. The lowest BCUT2D eigenvalue weighted by atomic mass is 10.0. The summed E-state index contributed by atoms with van der Waals surface area (Å²) < 4.78 is 0. The van der Waals surface area contributed by atoms with Crippen molar-refractivity contribution in [3.8, 4) is 0 Å². The number of aliphatic imine (C=N–C) groups is 2. The van der Waals surface area contributed by atoms with Crippen LogP contribution in [0.3, 0.4) is 0 Å². The van der Waals surface area contributed by atoms with Crippen LogP contribution in [0.15, 0.2) is 70.9 Å². The van der Waals surface area contributed by atoms with Gasteiger partial charge in [0.2, 0.25) is 17.7 Å². The Morgan fingerprint density at radius 1 is 0.647 bits per heavy atom. The lowest BCUT2D eigenvalue weighted by Crippen LogP contribution is -2.57. The monoisotopic (exact) mass is 702 g/mol. The van der Waals surface area contributed by atoms with Crippen molar-refractivity contribution in [3.63, 3.8) is 0 Å². The first-order chi connectivity index (χ1) is 24.4. The van der Waals surface area contributed by atoms with Crippen molar-refractivity contribution in [1.82, 2.24) is 25.9 Å². The lowest BCUT2D eigenvalue weighted by molar-refractivity contribution is -0.142. The van der Waals surface area contributed by atoms with Crippen molar-refractivity contribution in [2.24, 2.45) is 38.7 Å². The molecule has 4 atom stereocenters. The van der Waals surface area contributed by atoms with E-state index in [0.717, 1.165) is 32.9 Å². The summed E-state index contributed by atoms with van der Waals surface area (Å²) in [6.07, 6.45) is 4.44. The van der Waals surface area contributed by atoms with E-state index in [-0.39, 0.29) is 63.5 Å². The number of nitrogens with two attached hydrogens (primary N) is 5. The second kappa shape index (κ2) is 18.1. The van der Waals surface area contributed by atoms with Gasteiger partial charge in [-0.2, -0.15) is 0 Å². The smallest absolute Gasteiger partial charge is 0.326 e. The van der Waals surface area contributed by atoms with Crippen molar-refractivity contribution < 1.29 is 24.3 Å². The third-order valence-corrected chi connectivity index (χ3v) is 8.32. The SMILES string of the molecule is NC(N)=NCCCC(NC(=O)C(CCCN=C(N)N)NC(=O)C(Cc1c[nH]c2ccccc12)NC(=O)C(N)Cc1c[nH]c2ccccc12)C(=O)O. The second-order valence-corrected chi connectivity index (χ2v) is 12.2. The number of carboxylic acid groups (broad SMARTS) is 1. The van der Waals surface area contributed by atoms with Gasteiger partial charge in [0.05, 0.1) is 6.04 Å². The van der Waals surface area contributed by atoms with Crippen LogP contribution >= 0.6 is 0 Å². The molecule has 16 N–H and O–H groups in total. The van der Waals surface area contributed by atoms with E-state index >= 15 is 0 Å². The maximum Gasteiger partial charge on any atom is 0.326 e. The molecule has 0 spiro atoms. The van der Waals surface area contributed by atoms with Crippen LogP contribution in [-0.2, 0) is 32.0 Å². The zero-order valence-corrected chi connectivity index (χ0v) is 28.1. The molecule has 2 aromatic heterocycles. The Labute approximate surface area is 293 Å². The van der Waals surface area contributed by atoms with Gasteiger partial charge in [-0.25, -0.2) is 4.79 Å². The van der Waals surface area contributed by atoms with E-state index < -0.39 is 47.9 Å². The molecule has 0 aliphatic heterocycles. The number of fused-ring (bicyclic) bond motifs is 2. The van der Waals surface area contributed by atoms with Crippen molar-refractivity contribution in [3.05, 3.63) is 72.1 Å². The molecule has 272 valence electrons. The van der Waals surface area contributed by atoms with Gasteiger partial charge >= 0.3 is 5.97 Å². The quantitative estimate of drug-likeness (QED) is 0.0335. The number of hydrogen-bond donors (Lipinski definition) is 11. The number of carbonyl (C=O) groups excluding carboxylic acids is 3. The average molecular weight is 703 g/mol. The molecule has 4 rings (SSSR count). The second-order valence-electron chi connectivity index (χ2n) is 12.2. The Balaban J connectivity index is 1.54. The molecule has 4 aromatic rings. The number of rotatable bonds is 19. The summed E-state index contributed by atoms with van der Waals surface area (Å²) in [6, 6.07) is 10.5. The lowest BCUT2D eigenvalue weighted by Gasteiger charge is -2.25. The fourth-order valence-corrected chi connectivity index (χ4v) is 5.72. The maximum atomic E-state index is 14.0. The highest BCUT2D eigenvalue weighted by Gasteiger charge is 2.31. The summed E-state index contributed by atoms with van der Waals surface area (Å²) >= 11 is 0. The highest BCUT2D eigenvalue weighted by atomic mass is 16.4. The summed E-state index contributed by atoms with van der Waals surface area (Å²) in [6.45, 7) is 0.319. The number of nitrogens with one attached hydrogen (secondary N) is 5. The molecule has 0 radical (unpaired) electrons. The normalized spacial score (nSPS) is 13.4. The van der Waals surface area contributed by atoms with Gasteiger partial charge in [-0.1, -0.05) is 36.4 Å². The van der Waals surface area contributed by atoms with Crippen LogP contribution in [0.4, 0.5) is 0 Å². The van der Waals surface area contributed by atoms with E-state index in [9.17, 15) is 24.3 Å². The first kappa shape index (κ1) is 37.7. The summed E-state index contributed by atoms with van der Waals surface area (Å²) in [7, 11) is 0. The number of para-hydroxylation sites is 2. The molecule has 3 amide bonds. The fourth-order valence-electron chi connectivity index (χ4n) is 5.72. The highest BCUT2D eigenvalue weighted by molar-refractivity contribution is 5.95. The Morgan fingerprint density at radius 3 is 1.63 bits per heavy atom. The Hall–Kier alpha value is -6.10. The molecule has 4 unspecified atom stereocenters. The third-order valence-electron chi connectivity index (χ3n) is 8.32. The molecule has 0 saturated heterocycles. The van der Waals surface area contributed by atoms with Gasteiger partial charge in [0.15, 0.2) is 11.9 Å². The largest absolute Gasteiger partial charge is 0.480 e. The highest BCUT2D eigenvalue weighted by Crippen LogP contribution is 2.21. The number of amides is 3. The molecule has 0 bridgehead atoms. The summed E-state index contributed by atoms with van der Waals surface area (Å²) in [5.74, 6) is -3.53. The van der Waals surface area contributed by atoms with E-state index in [2.05, 4.69) is 35.9 Å². The van der Waals surface area contributed by atoms with Crippen LogP contribution in [0.1, 0.15) is 36.8 Å². The van der Waals surface area contributed by atoms with Crippen molar-refractivity contribution in [2.45, 2.75) is 62.7 Å². The van der Waals surface area contributed by atoms with Crippen LogP contribution in [0, 0.1) is 0 Å². The van der Waals surface area contributed by atoms with Gasteiger partial charge in [0.25, 0.3) is 0 Å². The van der Waals surface area contributed by atoms with E-state index in [1.165, 1.54) is 0 Å². The number of carbonyl (C=O) groups is 4. The Bertz CT molecular complexity index is 1880. The number of carboxylic acids is 1. The van der Waals surface area contributed by atoms with Gasteiger partial charge in [-0.3, -0.25) is 24.4 Å². The minimum absolute atomic E-state index is 0.0279. The molecule has 17 nitrogen and oxygen atoms in total. The summed E-state index contributed by atoms with van der Waals surface area (Å²) in [5.41, 5.74) is 31.3. The molecular weight excluding hydrogens is 656 g/mol. The van der Waals surface area contributed by atoms with Gasteiger partial charge in [0.1, 0.15) is 18.1 Å². The zero-order chi connectivity index (χ0) is 36.9. The predicted octanol–water partition coefficient (Wildman–Crippen LogP) is -0.592. The summed E-state index contributed by atoms with van der Waals surface area (Å²) in [5, 5.41) is 19.6. The molecular formula is C34H46N12O5. The molecule has 0 fully saturated rings. The molecule has 0 aliphatic rings. The van der Waals surface area contributed by atoms with Crippen molar-refractivity contribution in [1.29, 1.82) is 0 Å². The number of aromatic nitrogens is 2. The van der Waals surface area contributed by atoms with E-state index in [0.29, 0.717) is 0 Å². The molecule has 2 aromatic carbocycles. The first-order valence-corrected chi connectivity index (χ1v) is 16.5. The minimum Gasteiger partial charge on any atom is -0.480 e. The summed E-state index contributed by atoms with van der Waals surface area (Å²) in [4.78, 5) is 67.2. The molecule has 17 heteroatoms. The van der Waals surface area contributed by atoms with E-state index in [4.69, 9.17) is 28.7 Å². The van der Waals surface area contributed by atoms with Gasteiger partial charge < -0.3 is 59.7 Å². The Kier molecular flexibility index (Phi) is 13.3. The van der Waals surface area contributed by atoms with Crippen LogP contribution in [0.25, 0.3) is 21.8 Å². The van der Waals surface area contributed by atoms with Crippen LogP contribution < -0.4 is 44.6 Å². The number of H-pyrrole nitrogens is 2. The molecule has 51 heavy (non-hydrogen) atoms. The van der Waals surface area contributed by atoms with Gasteiger partial charge in [-0.05, 0) is 55.4 Å². The average Bonchev–Trinajstić information content (AvgIpc) is 3.70. The van der Waals surface area contributed by atoms with E-state index in [1.807, 2.05) is 48.5 Å². The van der Waals surface area contributed by atoms with Gasteiger partial charge in [0, 0.05) is 53.7 Å². The number of aromatic amines is 2. The topological polar surface area (TPSA) is 311 Å². The predicted molar refractivity (Wildman–Crippen MR) is 195 cm³/mol. The van der Waals surface area contributed by atoms with Crippen LogP contribution in [0.2, 0.25) is 0 Å². The standard InChI is InChI=1S/C34H46N12O5/c35-23(15-19-17-42-24-9-3-1-7-21(19)24)29(47)46-28(16-20-18-43-25-10-4-2-8-22(20)25)31(49)44-26(11-5-13-40-33(36)37)30(48)45-27(32(50)51)12-6-14-41-34(38)39/h1-4,7-10,17-18,23,26-28,42-43H,5-6,11-16,35H2,(H,44,49)(H,45,48)(H,46,47)(H,50,51)(H4,36,37,40)(H4,38,39,41). The third kappa shape index (κ3) is 10.9.